The molecule has 0 amide bonds. The summed E-state index contributed by atoms with van der Waals surface area (Å²) in [6.45, 7) is 7.55. The van der Waals surface area contributed by atoms with E-state index >= 15 is 0 Å². The Bertz CT molecular complexity index is 401. The zero-order valence-corrected chi connectivity index (χ0v) is 12.4. The minimum absolute atomic E-state index is 0.507. The Balaban J connectivity index is 2.09. The molecular formula is C15H26N4. The van der Waals surface area contributed by atoms with Crippen molar-refractivity contribution in [2.45, 2.75) is 58.9 Å². The van der Waals surface area contributed by atoms with Crippen LogP contribution >= 0.6 is 0 Å². The Morgan fingerprint density at radius 2 is 2.00 bits per heavy atom. The molecule has 1 aliphatic rings. The highest BCUT2D eigenvalue weighted by Gasteiger charge is 2.24. The van der Waals surface area contributed by atoms with Gasteiger partial charge in [0.25, 0.3) is 0 Å². The lowest BCUT2D eigenvalue weighted by atomic mass is 9.80. The zero-order chi connectivity index (χ0) is 13.7. The van der Waals surface area contributed by atoms with Gasteiger partial charge in [0.05, 0.1) is 0 Å². The van der Waals surface area contributed by atoms with Crippen molar-refractivity contribution >= 4 is 11.6 Å². The Hall–Kier alpha value is -1.32. The molecular weight excluding hydrogens is 236 g/mol. The third kappa shape index (κ3) is 3.37. The Labute approximate surface area is 116 Å². The molecule has 1 fully saturated rings. The van der Waals surface area contributed by atoms with Gasteiger partial charge in [-0.05, 0) is 38.5 Å². The van der Waals surface area contributed by atoms with E-state index in [1.54, 1.807) is 6.33 Å². The predicted octanol–water partition coefficient (Wildman–Crippen LogP) is 3.46. The maximum absolute atomic E-state index is 4.44. The van der Waals surface area contributed by atoms with Crippen molar-refractivity contribution in [3.63, 3.8) is 0 Å². The molecule has 1 aromatic heterocycles. The quantitative estimate of drug-likeness (QED) is 0.790. The van der Waals surface area contributed by atoms with Crippen molar-refractivity contribution in [3.8, 4) is 0 Å². The number of hydrogen-bond donors (Lipinski definition) is 2. The van der Waals surface area contributed by atoms with Gasteiger partial charge in [-0.25, -0.2) is 9.97 Å². The van der Waals surface area contributed by atoms with Crippen LogP contribution in [0.15, 0.2) is 6.33 Å². The van der Waals surface area contributed by atoms with E-state index in [0.717, 1.165) is 36.9 Å². The van der Waals surface area contributed by atoms with Crippen LogP contribution in [0.5, 0.6) is 0 Å². The molecule has 106 valence electrons. The van der Waals surface area contributed by atoms with Gasteiger partial charge in [-0.3, -0.25) is 0 Å². The first-order chi connectivity index (χ1) is 9.26. The van der Waals surface area contributed by atoms with Crippen LogP contribution in [0.3, 0.4) is 0 Å². The van der Waals surface area contributed by atoms with Gasteiger partial charge in [0.1, 0.15) is 18.0 Å². The van der Waals surface area contributed by atoms with Crippen molar-refractivity contribution in [1.29, 1.82) is 0 Å². The van der Waals surface area contributed by atoms with Crippen LogP contribution in [0.4, 0.5) is 11.6 Å². The van der Waals surface area contributed by atoms with Gasteiger partial charge >= 0.3 is 0 Å². The molecule has 0 spiro atoms. The lowest BCUT2D eigenvalue weighted by molar-refractivity contribution is 0.285. The van der Waals surface area contributed by atoms with Gasteiger partial charge in [0.15, 0.2) is 0 Å². The molecule has 1 aliphatic carbocycles. The molecule has 19 heavy (non-hydrogen) atoms. The smallest absolute Gasteiger partial charge is 0.134 e. The summed E-state index contributed by atoms with van der Waals surface area (Å²) in [5.74, 6) is 2.81. The Morgan fingerprint density at radius 3 is 2.58 bits per heavy atom. The van der Waals surface area contributed by atoms with Crippen molar-refractivity contribution in [3.05, 3.63) is 11.9 Å². The summed E-state index contributed by atoms with van der Waals surface area (Å²) in [5.41, 5.74) is 1.21. The summed E-state index contributed by atoms with van der Waals surface area (Å²) >= 11 is 0. The van der Waals surface area contributed by atoms with E-state index in [2.05, 4.69) is 41.4 Å². The van der Waals surface area contributed by atoms with Gasteiger partial charge in [-0.1, -0.05) is 20.3 Å². The molecule has 0 bridgehead atoms. The largest absolute Gasteiger partial charge is 0.370 e. The lowest BCUT2D eigenvalue weighted by Crippen LogP contribution is -2.31. The molecule has 1 atom stereocenters. The highest BCUT2D eigenvalue weighted by Crippen LogP contribution is 2.31. The van der Waals surface area contributed by atoms with Crippen molar-refractivity contribution in [1.82, 2.24) is 9.97 Å². The summed E-state index contributed by atoms with van der Waals surface area (Å²) in [4.78, 5) is 8.81. The first-order valence-electron chi connectivity index (χ1n) is 7.60. The highest BCUT2D eigenvalue weighted by atomic mass is 15.1. The van der Waals surface area contributed by atoms with Crippen LogP contribution in [0.1, 0.15) is 52.0 Å². The van der Waals surface area contributed by atoms with Crippen LogP contribution in [-0.2, 0) is 6.42 Å². The van der Waals surface area contributed by atoms with Crippen LogP contribution in [0.25, 0.3) is 0 Å². The molecule has 1 unspecified atom stereocenters. The number of nitrogens with zero attached hydrogens (tertiary/aromatic N) is 2. The van der Waals surface area contributed by atoms with Crippen LogP contribution < -0.4 is 10.6 Å². The number of aromatic nitrogens is 2. The molecule has 1 aromatic rings. The van der Waals surface area contributed by atoms with E-state index < -0.39 is 0 Å². The minimum Gasteiger partial charge on any atom is -0.370 e. The summed E-state index contributed by atoms with van der Waals surface area (Å²) in [6.07, 6.45) is 7.79. The number of anilines is 2. The summed E-state index contributed by atoms with van der Waals surface area (Å²) in [5, 5.41) is 6.98. The second-order valence-electron chi connectivity index (χ2n) is 5.45. The number of nitrogens with one attached hydrogen (secondary N) is 2. The molecule has 2 N–H and O–H groups in total. The molecule has 1 saturated carbocycles. The topological polar surface area (TPSA) is 49.8 Å². The average molecular weight is 262 g/mol. The van der Waals surface area contributed by atoms with E-state index in [1.165, 1.54) is 24.8 Å². The van der Waals surface area contributed by atoms with E-state index in [9.17, 15) is 0 Å². The maximum Gasteiger partial charge on any atom is 0.134 e. The van der Waals surface area contributed by atoms with Gasteiger partial charge < -0.3 is 10.6 Å². The number of rotatable bonds is 7. The van der Waals surface area contributed by atoms with Gasteiger partial charge in [0.2, 0.25) is 0 Å². The molecule has 4 heteroatoms. The van der Waals surface area contributed by atoms with Crippen molar-refractivity contribution in [2.75, 3.05) is 17.2 Å². The van der Waals surface area contributed by atoms with E-state index in [4.69, 9.17) is 0 Å². The molecule has 0 radical (unpaired) electrons. The molecule has 2 rings (SSSR count). The lowest BCUT2D eigenvalue weighted by Gasteiger charge is -2.32. The standard InChI is InChI=1S/C15H26N4/c1-4-9-16-14-13(5-2)15(18-10-17-14)19-11(3)12-7-6-8-12/h10-12H,4-9H2,1-3H3,(H2,16,17,18,19). The SMILES string of the molecule is CCCNc1ncnc(NC(C)C2CCC2)c1CC. The third-order valence-corrected chi connectivity index (χ3v) is 4.06. The van der Waals surface area contributed by atoms with E-state index in [0.29, 0.717) is 6.04 Å². The highest BCUT2D eigenvalue weighted by molar-refractivity contribution is 5.57. The first-order valence-corrected chi connectivity index (χ1v) is 7.60. The second kappa shape index (κ2) is 6.73. The van der Waals surface area contributed by atoms with Crippen LogP contribution in [0.2, 0.25) is 0 Å². The molecule has 0 aromatic carbocycles. The fraction of sp³-hybridized carbons (Fsp3) is 0.733. The maximum atomic E-state index is 4.44. The summed E-state index contributed by atoms with van der Waals surface area (Å²) in [7, 11) is 0. The zero-order valence-electron chi connectivity index (χ0n) is 12.4. The molecule has 0 saturated heterocycles. The molecule has 4 nitrogen and oxygen atoms in total. The normalized spacial score (nSPS) is 16.8. The summed E-state index contributed by atoms with van der Waals surface area (Å²) in [6, 6.07) is 0.507. The second-order valence-corrected chi connectivity index (χ2v) is 5.45. The molecule has 0 aliphatic heterocycles. The van der Waals surface area contributed by atoms with Crippen molar-refractivity contribution < 1.29 is 0 Å². The fourth-order valence-electron chi connectivity index (χ4n) is 2.54. The monoisotopic (exact) mass is 262 g/mol. The first kappa shape index (κ1) is 14.1. The average Bonchev–Trinajstić information content (AvgIpc) is 2.34. The number of hydrogen-bond acceptors (Lipinski definition) is 4. The predicted molar refractivity (Wildman–Crippen MR) is 80.6 cm³/mol. The molecule has 1 heterocycles. The van der Waals surface area contributed by atoms with E-state index in [-0.39, 0.29) is 0 Å². The van der Waals surface area contributed by atoms with Crippen molar-refractivity contribution in [2.24, 2.45) is 5.92 Å². The minimum atomic E-state index is 0.507. The summed E-state index contributed by atoms with van der Waals surface area (Å²) < 4.78 is 0. The van der Waals surface area contributed by atoms with Gasteiger partial charge in [-0.2, -0.15) is 0 Å². The van der Waals surface area contributed by atoms with E-state index in [1.807, 2.05) is 0 Å². The van der Waals surface area contributed by atoms with Gasteiger partial charge in [-0.15, -0.1) is 0 Å². The Morgan fingerprint density at radius 1 is 1.26 bits per heavy atom. The van der Waals surface area contributed by atoms with Crippen LogP contribution in [0, 0.1) is 5.92 Å². The third-order valence-electron chi connectivity index (χ3n) is 4.06. The Kier molecular flexibility index (Phi) is 5.00. The van der Waals surface area contributed by atoms with Gasteiger partial charge in [0, 0.05) is 18.2 Å². The van der Waals surface area contributed by atoms with Crippen LogP contribution in [-0.4, -0.2) is 22.6 Å². The fourth-order valence-corrected chi connectivity index (χ4v) is 2.54.